The Bertz CT molecular complexity index is 823. The number of nitro benzene ring substituents is 1. The van der Waals surface area contributed by atoms with Crippen LogP contribution in [0.15, 0.2) is 46.2 Å². The molecular formula is C14H7F4NO4S. The number of hydrogen-bond acceptors (Lipinski definition) is 4. The Morgan fingerprint density at radius 1 is 1.12 bits per heavy atom. The monoisotopic (exact) mass is 361 g/mol. The van der Waals surface area contributed by atoms with Crippen molar-refractivity contribution in [3.8, 4) is 0 Å². The van der Waals surface area contributed by atoms with E-state index in [-0.39, 0.29) is 9.79 Å². The molecule has 0 bridgehead atoms. The number of carbonyl (C=O) groups is 1. The van der Waals surface area contributed by atoms with Crippen LogP contribution in [-0.4, -0.2) is 16.0 Å². The highest BCUT2D eigenvalue weighted by Gasteiger charge is 2.33. The maximum atomic E-state index is 13.1. The molecule has 0 heterocycles. The zero-order chi connectivity index (χ0) is 18.1. The van der Waals surface area contributed by atoms with Crippen molar-refractivity contribution < 1.29 is 32.4 Å². The molecule has 1 N–H and O–H groups in total. The summed E-state index contributed by atoms with van der Waals surface area (Å²) in [4.78, 5) is 20.9. The molecule has 0 atom stereocenters. The first-order chi connectivity index (χ1) is 11.1. The van der Waals surface area contributed by atoms with Gasteiger partial charge in [-0.25, -0.2) is 9.18 Å². The van der Waals surface area contributed by atoms with E-state index in [2.05, 4.69) is 0 Å². The van der Waals surface area contributed by atoms with Gasteiger partial charge in [0.25, 0.3) is 5.69 Å². The molecule has 2 rings (SSSR count). The normalized spacial score (nSPS) is 11.3. The molecule has 0 aromatic heterocycles. The van der Waals surface area contributed by atoms with Crippen LogP contribution in [0.25, 0.3) is 0 Å². The fraction of sp³-hybridized carbons (Fsp3) is 0.0714. The highest BCUT2D eigenvalue weighted by atomic mass is 32.2. The summed E-state index contributed by atoms with van der Waals surface area (Å²) in [6, 6.07) is 4.66. The van der Waals surface area contributed by atoms with E-state index >= 15 is 0 Å². The molecule has 126 valence electrons. The van der Waals surface area contributed by atoms with Gasteiger partial charge in [0.15, 0.2) is 0 Å². The topological polar surface area (TPSA) is 80.4 Å². The number of carboxylic acid groups (broad SMARTS) is 1. The van der Waals surface area contributed by atoms with Crippen LogP contribution in [0.4, 0.5) is 23.2 Å². The van der Waals surface area contributed by atoms with Crippen molar-refractivity contribution in [3.63, 3.8) is 0 Å². The Labute approximate surface area is 136 Å². The molecule has 0 aliphatic carbocycles. The van der Waals surface area contributed by atoms with Crippen molar-refractivity contribution in [1.29, 1.82) is 0 Å². The highest BCUT2D eigenvalue weighted by Crippen LogP contribution is 2.40. The summed E-state index contributed by atoms with van der Waals surface area (Å²) in [5.74, 6) is -2.29. The second kappa shape index (κ2) is 6.48. The lowest BCUT2D eigenvalue weighted by molar-refractivity contribution is -0.388. The number of nitrogens with zero attached hydrogens (tertiary/aromatic N) is 1. The number of hydrogen-bond donors (Lipinski definition) is 1. The molecule has 0 saturated heterocycles. The van der Waals surface area contributed by atoms with Crippen LogP contribution in [-0.2, 0) is 6.18 Å². The molecule has 24 heavy (non-hydrogen) atoms. The number of alkyl halides is 3. The quantitative estimate of drug-likeness (QED) is 0.489. The predicted octanol–water partition coefficient (Wildman–Crippen LogP) is 4.60. The molecule has 5 nitrogen and oxygen atoms in total. The van der Waals surface area contributed by atoms with Crippen LogP contribution in [0.2, 0.25) is 0 Å². The Morgan fingerprint density at radius 3 is 2.29 bits per heavy atom. The molecular weight excluding hydrogens is 354 g/mol. The number of rotatable bonds is 4. The summed E-state index contributed by atoms with van der Waals surface area (Å²) < 4.78 is 51.1. The minimum absolute atomic E-state index is 0.0354. The molecule has 0 aliphatic heterocycles. The lowest BCUT2D eigenvalue weighted by Crippen LogP contribution is -2.06. The summed E-state index contributed by atoms with van der Waals surface area (Å²) in [5, 5.41) is 20.0. The van der Waals surface area contributed by atoms with Gasteiger partial charge in [-0.05, 0) is 30.3 Å². The molecule has 0 fully saturated rings. The third-order valence-electron chi connectivity index (χ3n) is 2.87. The highest BCUT2D eigenvalue weighted by molar-refractivity contribution is 7.99. The molecule has 2 aromatic carbocycles. The minimum atomic E-state index is -4.75. The van der Waals surface area contributed by atoms with Gasteiger partial charge in [-0.1, -0.05) is 11.8 Å². The zero-order valence-electron chi connectivity index (χ0n) is 11.5. The van der Waals surface area contributed by atoms with Crippen molar-refractivity contribution in [2.24, 2.45) is 0 Å². The van der Waals surface area contributed by atoms with Gasteiger partial charge in [0, 0.05) is 11.0 Å². The van der Waals surface area contributed by atoms with Crippen LogP contribution in [0.1, 0.15) is 15.9 Å². The maximum absolute atomic E-state index is 13.1. The Morgan fingerprint density at radius 2 is 1.75 bits per heavy atom. The second-order valence-electron chi connectivity index (χ2n) is 4.49. The molecule has 0 amide bonds. The number of halogens is 4. The predicted molar refractivity (Wildman–Crippen MR) is 75.6 cm³/mol. The average molecular weight is 361 g/mol. The first-order valence-electron chi connectivity index (χ1n) is 6.16. The minimum Gasteiger partial charge on any atom is -0.478 e. The van der Waals surface area contributed by atoms with Gasteiger partial charge in [-0.3, -0.25) is 10.1 Å². The van der Waals surface area contributed by atoms with E-state index in [1.54, 1.807) is 0 Å². The molecule has 10 heteroatoms. The van der Waals surface area contributed by atoms with E-state index < -0.39 is 39.7 Å². The fourth-order valence-electron chi connectivity index (χ4n) is 1.80. The van der Waals surface area contributed by atoms with Crippen LogP contribution in [0.3, 0.4) is 0 Å². The van der Waals surface area contributed by atoms with Crippen LogP contribution < -0.4 is 0 Å². The molecule has 0 unspecified atom stereocenters. The fourth-order valence-corrected chi connectivity index (χ4v) is 2.80. The third kappa shape index (κ3) is 3.82. The second-order valence-corrected chi connectivity index (χ2v) is 5.57. The standard InChI is InChI=1S/C14H7F4NO4S/c15-8-2-4-11(9(6-8)13(20)21)24-12-3-1-7(14(16,17)18)5-10(12)19(22)23/h1-6H,(H,20,21). The molecule has 2 aromatic rings. The van der Waals surface area contributed by atoms with E-state index in [1.807, 2.05) is 0 Å². The summed E-state index contributed by atoms with van der Waals surface area (Å²) in [6.07, 6.45) is -4.75. The maximum Gasteiger partial charge on any atom is 0.416 e. The molecule has 0 aliphatic rings. The molecule has 0 radical (unpaired) electrons. The smallest absolute Gasteiger partial charge is 0.416 e. The first kappa shape index (κ1) is 17.7. The Hall–Kier alpha value is -2.62. The Balaban J connectivity index is 2.51. The van der Waals surface area contributed by atoms with Gasteiger partial charge in [0.1, 0.15) is 5.82 Å². The first-order valence-corrected chi connectivity index (χ1v) is 6.97. The summed E-state index contributed by atoms with van der Waals surface area (Å²) in [6.45, 7) is 0. The SMILES string of the molecule is O=C(O)c1cc(F)ccc1Sc1ccc(C(F)(F)F)cc1[N+](=O)[O-]. The molecule has 0 saturated carbocycles. The van der Waals surface area contributed by atoms with E-state index in [4.69, 9.17) is 5.11 Å². The summed E-state index contributed by atoms with van der Waals surface area (Å²) >= 11 is 0.569. The molecule has 0 spiro atoms. The average Bonchev–Trinajstić information content (AvgIpc) is 2.47. The van der Waals surface area contributed by atoms with E-state index in [0.29, 0.717) is 23.9 Å². The lowest BCUT2D eigenvalue weighted by Gasteiger charge is -2.10. The lowest BCUT2D eigenvalue weighted by atomic mass is 10.2. The number of nitro groups is 1. The van der Waals surface area contributed by atoms with Crippen molar-refractivity contribution in [2.75, 3.05) is 0 Å². The summed E-state index contributed by atoms with van der Waals surface area (Å²) in [7, 11) is 0. The van der Waals surface area contributed by atoms with Crippen LogP contribution in [0, 0.1) is 15.9 Å². The van der Waals surface area contributed by atoms with E-state index in [1.165, 1.54) is 0 Å². The number of benzene rings is 2. The van der Waals surface area contributed by atoms with Crippen LogP contribution in [0.5, 0.6) is 0 Å². The summed E-state index contributed by atoms with van der Waals surface area (Å²) in [5.41, 5.74) is -2.47. The van der Waals surface area contributed by atoms with E-state index in [0.717, 1.165) is 24.3 Å². The van der Waals surface area contributed by atoms with Gasteiger partial charge < -0.3 is 5.11 Å². The van der Waals surface area contributed by atoms with Gasteiger partial charge in [-0.2, -0.15) is 13.2 Å². The Kier molecular flexibility index (Phi) is 4.78. The van der Waals surface area contributed by atoms with Crippen molar-refractivity contribution in [3.05, 3.63) is 63.5 Å². The van der Waals surface area contributed by atoms with Crippen molar-refractivity contribution in [1.82, 2.24) is 0 Å². The van der Waals surface area contributed by atoms with Crippen molar-refractivity contribution in [2.45, 2.75) is 16.0 Å². The number of aromatic carboxylic acids is 1. The van der Waals surface area contributed by atoms with Gasteiger partial charge in [0.2, 0.25) is 0 Å². The van der Waals surface area contributed by atoms with Gasteiger partial charge >= 0.3 is 12.1 Å². The third-order valence-corrected chi connectivity index (χ3v) is 4.02. The van der Waals surface area contributed by atoms with Gasteiger partial charge in [-0.15, -0.1) is 0 Å². The largest absolute Gasteiger partial charge is 0.478 e. The van der Waals surface area contributed by atoms with Crippen molar-refractivity contribution >= 4 is 23.4 Å². The zero-order valence-corrected chi connectivity index (χ0v) is 12.3. The number of carboxylic acids is 1. The van der Waals surface area contributed by atoms with Crippen LogP contribution >= 0.6 is 11.8 Å². The van der Waals surface area contributed by atoms with Gasteiger partial charge in [0.05, 0.1) is 20.9 Å². The van der Waals surface area contributed by atoms with E-state index in [9.17, 15) is 32.5 Å².